The zero-order valence-corrected chi connectivity index (χ0v) is 16.8. The van der Waals surface area contributed by atoms with Gasteiger partial charge in [0, 0.05) is 39.8 Å². The number of thioether (sulfide) groups is 1. The van der Waals surface area contributed by atoms with Crippen LogP contribution in [0, 0.1) is 6.92 Å². The van der Waals surface area contributed by atoms with E-state index >= 15 is 0 Å². The fourth-order valence-corrected chi connectivity index (χ4v) is 3.40. The Kier molecular flexibility index (Phi) is 4.92. The number of rotatable bonds is 4. The molecule has 0 fully saturated rings. The number of aromatic nitrogens is 5. The number of benzene rings is 1. The Hall–Kier alpha value is -3.06. The van der Waals surface area contributed by atoms with Gasteiger partial charge in [0.2, 0.25) is 0 Å². The van der Waals surface area contributed by atoms with E-state index in [0.29, 0.717) is 22.5 Å². The molecule has 4 aromatic rings. The maximum atomic E-state index is 6.21. The van der Waals surface area contributed by atoms with Crippen molar-refractivity contribution in [3.05, 3.63) is 54.0 Å². The standard InChI is InChI=1S/C21H20N6S/c1-4-15-10-14(7-8-23-15)20-25-19(26-21(27-20)28-3)13-5-6-18-16(11-13)17(22)9-12(2)24-18/h5-11H,4H2,1-3H3,(H2,22,24). The third kappa shape index (κ3) is 3.53. The molecule has 0 bridgehead atoms. The van der Waals surface area contributed by atoms with Gasteiger partial charge in [0.25, 0.3) is 0 Å². The van der Waals surface area contributed by atoms with E-state index in [1.165, 1.54) is 11.8 Å². The van der Waals surface area contributed by atoms with E-state index in [-0.39, 0.29) is 0 Å². The van der Waals surface area contributed by atoms with Gasteiger partial charge in [0.1, 0.15) is 0 Å². The highest BCUT2D eigenvalue weighted by molar-refractivity contribution is 7.98. The molecule has 7 heteroatoms. The van der Waals surface area contributed by atoms with Gasteiger partial charge in [0.15, 0.2) is 16.8 Å². The number of nitrogens with zero attached hydrogens (tertiary/aromatic N) is 5. The number of pyridine rings is 2. The first kappa shape index (κ1) is 18.3. The molecule has 28 heavy (non-hydrogen) atoms. The lowest BCUT2D eigenvalue weighted by Crippen LogP contribution is -2.00. The van der Waals surface area contributed by atoms with Gasteiger partial charge in [-0.1, -0.05) is 18.7 Å². The van der Waals surface area contributed by atoms with E-state index in [2.05, 4.69) is 26.9 Å². The Bertz CT molecular complexity index is 1170. The van der Waals surface area contributed by atoms with Crippen molar-refractivity contribution in [1.82, 2.24) is 24.9 Å². The highest BCUT2D eigenvalue weighted by atomic mass is 32.2. The third-order valence-electron chi connectivity index (χ3n) is 4.46. The monoisotopic (exact) mass is 388 g/mol. The lowest BCUT2D eigenvalue weighted by atomic mass is 10.1. The molecule has 0 unspecified atom stereocenters. The molecule has 0 radical (unpaired) electrons. The van der Waals surface area contributed by atoms with E-state index in [4.69, 9.17) is 10.7 Å². The predicted octanol–water partition coefficient (Wildman–Crippen LogP) is 4.32. The highest BCUT2D eigenvalue weighted by Crippen LogP contribution is 2.28. The number of hydrogen-bond acceptors (Lipinski definition) is 7. The summed E-state index contributed by atoms with van der Waals surface area (Å²) in [7, 11) is 0. The van der Waals surface area contributed by atoms with Crippen molar-refractivity contribution in [1.29, 1.82) is 0 Å². The topological polar surface area (TPSA) is 90.5 Å². The maximum Gasteiger partial charge on any atom is 0.191 e. The minimum atomic E-state index is 0.617. The summed E-state index contributed by atoms with van der Waals surface area (Å²) in [5, 5.41) is 1.57. The van der Waals surface area contributed by atoms with Gasteiger partial charge in [-0.05, 0) is 56.0 Å². The minimum absolute atomic E-state index is 0.617. The number of anilines is 1. The highest BCUT2D eigenvalue weighted by Gasteiger charge is 2.12. The fourth-order valence-electron chi connectivity index (χ4n) is 3.05. The number of nitrogens with two attached hydrogens (primary N) is 1. The van der Waals surface area contributed by atoms with Crippen molar-refractivity contribution in [3.63, 3.8) is 0 Å². The third-order valence-corrected chi connectivity index (χ3v) is 5.01. The summed E-state index contributed by atoms with van der Waals surface area (Å²) in [5.74, 6) is 1.26. The number of aryl methyl sites for hydroxylation is 2. The molecule has 2 N–H and O–H groups in total. The Balaban J connectivity index is 1.86. The summed E-state index contributed by atoms with van der Waals surface area (Å²) in [6, 6.07) is 11.7. The molecule has 0 saturated carbocycles. The van der Waals surface area contributed by atoms with Crippen LogP contribution in [0.15, 0.2) is 47.8 Å². The number of hydrogen-bond donors (Lipinski definition) is 1. The first-order chi connectivity index (χ1) is 13.6. The molecule has 0 aliphatic heterocycles. The molecule has 6 nitrogen and oxygen atoms in total. The van der Waals surface area contributed by atoms with Gasteiger partial charge in [-0.2, -0.15) is 0 Å². The van der Waals surface area contributed by atoms with Crippen LogP contribution in [0.5, 0.6) is 0 Å². The average molecular weight is 389 g/mol. The lowest BCUT2D eigenvalue weighted by Gasteiger charge is -2.09. The van der Waals surface area contributed by atoms with E-state index in [1.54, 1.807) is 6.20 Å². The second-order valence-corrected chi connectivity index (χ2v) is 7.22. The van der Waals surface area contributed by atoms with Crippen LogP contribution < -0.4 is 5.73 Å². The zero-order valence-electron chi connectivity index (χ0n) is 16.0. The van der Waals surface area contributed by atoms with Crippen LogP contribution >= 0.6 is 11.8 Å². The lowest BCUT2D eigenvalue weighted by molar-refractivity contribution is 0.921. The minimum Gasteiger partial charge on any atom is -0.398 e. The van der Waals surface area contributed by atoms with Gasteiger partial charge in [-0.3, -0.25) is 9.97 Å². The Morgan fingerprint density at radius 2 is 1.68 bits per heavy atom. The second-order valence-electron chi connectivity index (χ2n) is 6.44. The second kappa shape index (κ2) is 7.52. The van der Waals surface area contributed by atoms with E-state index in [1.807, 2.05) is 49.6 Å². The van der Waals surface area contributed by atoms with E-state index in [9.17, 15) is 0 Å². The molecule has 0 aliphatic rings. The quantitative estimate of drug-likeness (QED) is 0.521. The normalized spacial score (nSPS) is 11.1. The molecule has 140 valence electrons. The summed E-state index contributed by atoms with van der Waals surface area (Å²) in [6.45, 7) is 4.01. The molecule has 1 aromatic carbocycles. The average Bonchev–Trinajstić information content (AvgIpc) is 2.73. The molecule has 0 atom stereocenters. The SMILES string of the molecule is CCc1cc(-c2nc(SC)nc(-c3ccc4nc(C)cc(N)c4c3)n2)ccn1. The molecule has 4 rings (SSSR count). The Morgan fingerprint density at radius 3 is 2.39 bits per heavy atom. The summed E-state index contributed by atoms with van der Waals surface area (Å²) < 4.78 is 0. The Morgan fingerprint density at radius 1 is 0.929 bits per heavy atom. The molecule has 0 aliphatic carbocycles. The number of nitrogen functional groups attached to an aromatic ring is 1. The van der Waals surface area contributed by atoms with Gasteiger partial charge in [0.05, 0.1) is 5.52 Å². The van der Waals surface area contributed by atoms with Crippen LogP contribution in [0.3, 0.4) is 0 Å². The van der Waals surface area contributed by atoms with Crippen molar-refractivity contribution >= 4 is 28.4 Å². The summed E-state index contributed by atoms with van der Waals surface area (Å²) in [5.41, 5.74) is 11.5. The predicted molar refractivity (Wildman–Crippen MR) is 114 cm³/mol. The first-order valence-corrected chi connectivity index (χ1v) is 10.2. The van der Waals surface area contributed by atoms with Crippen LogP contribution in [0.25, 0.3) is 33.7 Å². The van der Waals surface area contributed by atoms with Crippen LogP contribution in [0.1, 0.15) is 18.3 Å². The fraction of sp³-hybridized carbons (Fsp3) is 0.190. The van der Waals surface area contributed by atoms with Crippen LogP contribution in [0.4, 0.5) is 5.69 Å². The molecule has 0 spiro atoms. The van der Waals surface area contributed by atoms with Crippen molar-refractivity contribution in [2.24, 2.45) is 0 Å². The van der Waals surface area contributed by atoms with Crippen LogP contribution in [-0.2, 0) is 6.42 Å². The van der Waals surface area contributed by atoms with Crippen LogP contribution in [0.2, 0.25) is 0 Å². The maximum absolute atomic E-state index is 6.21. The van der Waals surface area contributed by atoms with E-state index in [0.717, 1.165) is 39.8 Å². The van der Waals surface area contributed by atoms with Crippen molar-refractivity contribution in [3.8, 4) is 22.8 Å². The van der Waals surface area contributed by atoms with Gasteiger partial charge in [-0.15, -0.1) is 0 Å². The van der Waals surface area contributed by atoms with Gasteiger partial charge in [-0.25, -0.2) is 15.0 Å². The molecule has 3 heterocycles. The molecule has 0 saturated heterocycles. The van der Waals surface area contributed by atoms with Gasteiger partial charge >= 0.3 is 0 Å². The smallest absolute Gasteiger partial charge is 0.191 e. The van der Waals surface area contributed by atoms with E-state index < -0.39 is 0 Å². The van der Waals surface area contributed by atoms with Gasteiger partial charge < -0.3 is 5.73 Å². The molecular weight excluding hydrogens is 368 g/mol. The molecular formula is C21H20N6S. The van der Waals surface area contributed by atoms with Crippen molar-refractivity contribution in [2.75, 3.05) is 12.0 Å². The Labute approximate surface area is 167 Å². The van der Waals surface area contributed by atoms with Crippen molar-refractivity contribution < 1.29 is 0 Å². The summed E-state index contributed by atoms with van der Waals surface area (Å²) in [6.07, 6.45) is 4.61. The largest absolute Gasteiger partial charge is 0.398 e. The molecule has 3 aromatic heterocycles. The zero-order chi connectivity index (χ0) is 19.7. The van der Waals surface area contributed by atoms with Crippen molar-refractivity contribution in [2.45, 2.75) is 25.4 Å². The summed E-state index contributed by atoms with van der Waals surface area (Å²) >= 11 is 1.49. The van der Waals surface area contributed by atoms with Crippen LogP contribution in [-0.4, -0.2) is 31.2 Å². The summed E-state index contributed by atoms with van der Waals surface area (Å²) in [4.78, 5) is 22.8. The number of fused-ring (bicyclic) bond motifs is 1. The first-order valence-electron chi connectivity index (χ1n) is 9.00. The molecule has 0 amide bonds.